The Morgan fingerprint density at radius 1 is 0.538 bits per heavy atom. The molecule has 0 aliphatic rings. The van der Waals surface area contributed by atoms with Crippen molar-refractivity contribution in [2.75, 3.05) is 19.0 Å². The molecule has 0 fully saturated rings. The third kappa shape index (κ3) is 21.7. The molecule has 1 N–H and O–H groups in total. The maximum atomic E-state index is 13.1. The molecule has 0 spiro atoms. The molecule has 244 valence electrons. The van der Waals surface area contributed by atoms with E-state index in [1.54, 1.807) is 4.74 Å². The quantitative estimate of drug-likeness (QED) is 0.126. The van der Waals surface area contributed by atoms with Gasteiger partial charge in [-0.2, -0.15) is 52.3 Å². The highest BCUT2D eigenvalue weighted by Crippen LogP contribution is 2.48. The summed E-state index contributed by atoms with van der Waals surface area (Å²) >= 11 is 0. The fourth-order valence-electron chi connectivity index (χ4n) is 1.30. The van der Waals surface area contributed by atoms with E-state index in [2.05, 4.69) is 9.47 Å². The molecule has 0 amide bonds. The molecule has 0 aromatic rings. The molecule has 0 rings (SSSR count). The second kappa shape index (κ2) is 19.4. The van der Waals surface area contributed by atoms with Crippen LogP contribution < -0.4 is 0 Å². The molecule has 0 unspecified atom stereocenters. The number of hydrogen-bond donors (Lipinski definition) is 1. The molecule has 0 aliphatic heterocycles. The zero-order valence-corrected chi connectivity index (χ0v) is 17.9. The molecule has 7 nitrogen and oxygen atoms in total. The van der Waals surface area contributed by atoms with Gasteiger partial charge in [-0.3, -0.25) is 4.55 Å². The van der Waals surface area contributed by atoms with Gasteiger partial charge in [-0.05, 0) is 6.42 Å². The fraction of sp³-hybridized carbons (Fsp3) is 1.00. The summed E-state index contributed by atoms with van der Waals surface area (Å²) in [5, 5.41) is 0. The van der Waals surface area contributed by atoms with Crippen LogP contribution in [-0.4, -0.2) is 68.8 Å². The Balaban J connectivity index is -0.000000437. The summed E-state index contributed by atoms with van der Waals surface area (Å²) in [7, 11) is -4.58. The summed E-state index contributed by atoms with van der Waals surface area (Å²) in [4.78, 5) is 0. The first-order chi connectivity index (χ1) is 17.3. The third-order valence-electron chi connectivity index (χ3n) is 2.42. The van der Waals surface area contributed by atoms with E-state index in [0.29, 0.717) is 0 Å². The number of hydrogen-bond acceptors (Lipinski definition) is 6. The van der Waals surface area contributed by atoms with Crippen LogP contribution in [0.25, 0.3) is 0 Å². The van der Waals surface area contributed by atoms with Crippen LogP contribution in [0.1, 0.15) is 6.42 Å². The highest BCUT2D eigenvalue weighted by Gasteiger charge is 2.74. The lowest BCUT2D eigenvalue weighted by Gasteiger charge is -2.33. The van der Waals surface area contributed by atoms with E-state index in [4.69, 9.17) is 41.1 Å². The van der Waals surface area contributed by atoms with Gasteiger partial charge in [0, 0.05) is 43.2 Å². The van der Waals surface area contributed by atoms with Gasteiger partial charge in [0.1, 0.15) is 6.61 Å². The average Bonchev–Trinajstić information content (AvgIpc) is 2.75. The Bertz CT molecular complexity index is 700. The second-order valence-corrected chi connectivity index (χ2v) is 6.72. The van der Waals surface area contributed by atoms with Crippen molar-refractivity contribution in [1.29, 1.82) is 0 Å². The van der Waals surface area contributed by atoms with Crippen LogP contribution in [0.5, 0.6) is 0 Å². The molecule has 0 aliphatic carbocycles. The van der Waals surface area contributed by atoms with Gasteiger partial charge in [0.05, 0.1) is 5.75 Å². The number of alkyl halides is 13. The minimum Gasteiger partial charge on any atom is -0.372 e. The first-order valence-corrected chi connectivity index (χ1v) is 9.10. The molecule has 0 atom stereocenters. The van der Waals surface area contributed by atoms with Crippen LogP contribution in [0.2, 0.25) is 0 Å². The van der Waals surface area contributed by atoms with Crippen molar-refractivity contribution in [1.82, 2.24) is 0 Å². The highest BCUT2D eigenvalue weighted by atomic mass is 32.2. The predicted molar refractivity (Wildman–Crippen MR) is 74.8 cm³/mol. The molecule has 0 saturated heterocycles. The minimum atomic E-state index is -7.14. The number of halogens is 21. The third-order valence-corrected chi connectivity index (χ3v) is 3.22. The van der Waals surface area contributed by atoms with E-state index < -0.39 is 72.4 Å². The summed E-state index contributed by atoms with van der Waals surface area (Å²) in [5.74, 6) is -1.06. The molecule has 0 radical (unpaired) electrons. The van der Waals surface area contributed by atoms with E-state index in [0.717, 1.165) is 0 Å². The van der Waals surface area contributed by atoms with Gasteiger partial charge in [-0.25, -0.2) is 14.2 Å². The summed E-state index contributed by atoms with van der Waals surface area (Å²) in [6.45, 7) is -3.37. The van der Waals surface area contributed by atoms with E-state index >= 15 is 0 Å². The minimum absolute atomic E-state index is 0.717. The first-order valence-electron chi connectivity index (χ1n) is 7.49. The molecule has 0 bridgehead atoms. The van der Waals surface area contributed by atoms with Gasteiger partial charge in [-0.15, -0.1) is 13.2 Å². The molecule has 0 saturated carbocycles. The van der Waals surface area contributed by atoms with Crippen molar-refractivity contribution in [2.24, 2.45) is 0 Å². The summed E-state index contributed by atoms with van der Waals surface area (Å²) in [6, 6.07) is 0. The van der Waals surface area contributed by atoms with Gasteiger partial charge in [0.2, 0.25) is 0 Å². The molecule has 39 heavy (non-hydrogen) atoms. The van der Waals surface area contributed by atoms with Crippen molar-refractivity contribution in [3.8, 4) is 0 Å². The normalized spacial score (nSPS) is 12.9. The summed E-state index contributed by atoms with van der Waals surface area (Å²) in [5.41, 5.74) is 0. The maximum absolute atomic E-state index is 13.1. The van der Waals surface area contributed by atoms with Crippen LogP contribution in [-0.2, 0) is 29.1 Å². The Morgan fingerprint density at radius 3 is 1.15 bits per heavy atom. The second-order valence-electron chi connectivity index (χ2n) is 5.15. The van der Waals surface area contributed by atoms with Gasteiger partial charge in [0.15, 0.2) is 0 Å². The Kier molecular flexibility index (Phi) is 23.4. The van der Waals surface area contributed by atoms with E-state index in [1.807, 2.05) is 0 Å². The lowest BCUT2D eigenvalue weighted by molar-refractivity contribution is -0.564. The zero-order chi connectivity index (χ0) is 33.2. The van der Waals surface area contributed by atoms with Crippen LogP contribution in [0.4, 0.5) is 93.7 Å². The maximum Gasteiger partial charge on any atom is 0.527 e. The van der Waals surface area contributed by atoms with Gasteiger partial charge >= 0.3 is 36.9 Å². The lowest BCUT2D eigenvalue weighted by atomic mass is 10.5. The van der Waals surface area contributed by atoms with E-state index in [1.165, 1.54) is 4.74 Å². The molecule has 0 heterocycles. The largest absolute Gasteiger partial charge is 0.527 e. The molecule has 29 heteroatoms. The van der Waals surface area contributed by atoms with Crippen LogP contribution in [0, 0.1) is 0 Å². The van der Waals surface area contributed by atoms with E-state index in [9.17, 15) is 65.5 Å². The topological polar surface area (TPSA) is 91.3 Å². The Labute approximate surface area is 199 Å². The highest BCUT2D eigenvalue weighted by molar-refractivity contribution is 7.85. The molecular formula is C10H9F21O7S. The van der Waals surface area contributed by atoms with Gasteiger partial charge < -0.3 is 4.74 Å². The van der Waals surface area contributed by atoms with Crippen LogP contribution in [0.3, 0.4) is 0 Å². The lowest BCUT2D eigenvalue weighted by Crippen LogP contribution is -2.57. The van der Waals surface area contributed by atoms with Crippen LogP contribution in [0.15, 0.2) is 0 Å². The van der Waals surface area contributed by atoms with Crippen molar-refractivity contribution in [3.05, 3.63) is 0 Å². The summed E-state index contributed by atoms with van der Waals surface area (Å²) < 4.78 is 266. The van der Waals surface area contributed by atoms with Crippen molar-refractivity contribution in [2.45, 2.75) is 43.3 Å². The summed E-state index contributed by atoms with van der Waals surface area (Å²) in [6.07, 6.45) is -40.9. The molecule has 0 aromatic carbocycles. The van der Waals surface area contributed by atoms with E-state index in [-0.39, 0.29) is 0 Å². The van der Waals surface area contributed by atoms with Crippen molar-refractivity contribution >= 4 is 10.1 Å². The standard InChI is InChI=1S/C10H9F13O7S.4F2/c11-5(12,4-27-2-1-3-31(24,25)26)28-6(13,14)7(15,16)29-8(17,18)9(19,20)30-10(21,22)23;4*1-2/h1-4H2,(H,24,25,26);;;;. The van der Waals surface area contributed by atoms with Gasteiger partial charge in [0.25, 0.3) is 10.1 Å². The Hall–Kier alpha value is -1.72. The first kappa shape index (κ1) is 47.1. The molecular weight excluding hydrogens is 663 g/mol. The van der Waals surface area contributed by atoms with Crippen molar-refractivity contribution in [3.63, 3.8) is 0 Å². The smallest absolute Gasteiger partial charge is 0.372 e. The predicted octanol–water partition coefficient (Wildman–Crippen LogP) is 7.18. The SMILES string of the molecule is FF.FF.FF.FF.O=S(=O)(O)CCCOCC(F)(F)OC(F)(F)C(F)(F)OC(F)(F)C(F)(F)OC(F)(F)F. The van der Waals surface area contributed by atoms with Crippen LogP contribution >= 0.6 is 0 Å². The Morgan fingerprint density at radius 2 is 0.846 bits per heavy atom. The number of ether oxygens (including phenoxy) is 4. The average molecular weight is 672 g/mol. The monoisotopic (exact) mass is 672 g/mol. The zero-order valence-electron chi connectivity index (χ0n) is 17.1. The van der Waals surface area contributed by atoms with Gasteiger partial charge in [-0.1, -0.05) is 0 Å². The fourth-order valence-corrected chi connectivity index (χ4v) is 1.78. The number of rotatable bonds is 13. The van der Waals surface area contributed by atoms with Crippen molar-refractivity contribution < 1.29 is 126 Å². The molecule has 0 aromatic heterocycles.